The average molecular weight is 372 g/mol. The molecule has 1 N–H and O–H groups in total. The molecule has 3 aromatic heterocycles. The molecule has 0 bridgehead atoms. The number of piperidine rings is 1. The van der Waals surface area contributed by atoms with Gasteiger partial charge in [-0.15, -0.1) is 5.10 Å². The number of nitrogens with one attached hydrogen (secondary N) is 1. The van der Waals surface area contributed by atoms with Gasteiger partial charge in [0.1, 0.15) is 11.7 Å². The Hall–Kier alpha value is -2.59. The van der Waals surface area contributed by atoms with Crippen molar-refractivity contribution < 1.29 is 9.26 Å². The zero-order chi connectivity index (χ0) is 18.6. The fourth-order valence-corrected chi connectivity index (χ4v) is 3.30. The lowest BCUT2D eigenvalue weighted by Gasteiger charge is -2.22. The van der Waals surface area contributed by atoms with E-state index in [1.54, 1.807) is 13.3 Å². The summed E-state index contributed by atoms with van der Waals surface area (Å²) in [7, 11) is 1.65. The maximum Gasteiger partial charge on any atom is 0.249 e. The van der Waals surface area contributed by atoms with Crippen LogP contribution in [0.3, 0.4) is 0 Å². The van der Waals surface area contributed by atoms with Gasteiger partial charge in [-0.25, -0.2) is 9.67 Å². The first-order chi connectivity index (χ1) is 13.3. The van der Waals surface area contributed by atoms with Crippen LogP contribution < -0.4 is 5.32 Å². The highest BCUT2D eigenvalue weighted by atomic mass is 16.5. The van der Waals surface area contributed by atoms with E-state index >= 15 is 0 Å². The summed E-state index contributed by atoms with van der Waals surface area (Å²) in [5.74, 6) is 1.91. The second kappa shape index (κ2) is 7.97. The topological polar surface area (TPSA) is 109 Å². The second-order valence-corrected chi connectivity index (χ2v) is 6.69. The highest BCUT2D eigenvalue weighted by molar-refractivity contribution is 5.48. The lowest BCUT2D eigenvalue weighted by atomic mass is 10.1. The Balaban J connectivity index is 1.54. The summed E-state index contributed by atoms with van der Waals surface area (Å²) in [4.78, 5) is 8.94. The largest absolute Gasteiger partial charge is 0.384 e. The first-order valence-corrected chi connectivity index (χ1v) is 9.23. The highest BCUT2D eigenvalue weighted by Gasteiger charge is 2.22. The maximum absolute atomic E-state index is 5.43. The Kier molecular flexibility index (Phi) is 5.26. The summed E-state index contributed by atoms with van der Waals surface area (Å²) in [5, 5.41) is 16.1. The van der Waals surface area contributed by atoms with Crippen LogP contribution in [-0.2, 0) is 11.2 Å². The van der Waals surface area contributed by atoms with Gasteiger partial charge in [-0.05, 0) is 32.9 Å². The molecule has 1 fully saturated rings. The fraction of sp³-hybridized carbons (Fsp3) is 0.588. The zero-order valence-corrected chi connectivity index (χ0v) is 15.6. The molecule has 0 amide bonds. The van der Waals surface area contributed by atoms with E-state index < -0.39 is 0 Å². The molecule has 4 heterocycles. The molecule has 10 heteroatoms. The monoisotopic (exact) mass is 372 g/mol. The SMILES string of the molecule is COCCc1noc([C@@H](C)n2ccnc2-c2cn(C3CCNCC3)nn2)n1. The Labute approximate surface area is 156 Å². The van der Waals surface area contributed by atoms with Crippen molar-refractivity contribution in [3.05, 3.63) is 30.3 Å². The minimum Gasteiger partial charge on any atom is -0.384 e. The van der Waals surface area contributed by atoms with Crippen LogP contribution in [0.4, 0.5) is 0 Å². The van der Waals surface area contributed by atoms with E-state index in [-0.39, 0.29) is 6.04 Å². The molecule has 144 valence electrons. The van der Waals surface area contributed by atoms with Gasteiger partial charge >= 0.3 is 0 Å². The standard InChI is InChI=1S/C17H24N8O2/c1-12(17-20-15(22-27-17)5-10-26-2)24-9-8-19-16(24)14-11-25(23-21-14)13-3-6-18-7-4-13/h8-9,11-13,18H,3-7,10H2,1-2H3/t12-/m1/s1. The Morgan fingerprint density at radius 3 is 3.04 bits per heavy atom. The number of hydrogen-bond donors (Lipinski definition) is 1. The summed E-state index contributed by atoms with van der Waals surface area (Å²) in [5.41, 5.74) is 0.740. The van der Waals surface area contributed by atoms with Gasteiger partial charge in [0.25, 0.3) is 0 Å². The molecule has 3 aromatic rings. The van der Waals surface area contributed by atoms with Gasteiger partial charge in [-0.2, -0.15) is 4.98 Å². The third-order valence-corrected chi connectivity index (χ3v) is 4.88. The molecule has 1 atom stereocenters. The number of ether oxygens (including phenoxy) is 1. The lowest BCUT2D eigenvalue weighted by molar-refractivity contribution is 0.199. The maximum atomic E-state index is 5.43. The molecule has 1 aliphatic heterocycles. The number of imidazole rings is 1. The summed E-state index contributed by atoms with van der Waals surface area (Å²) in [6.07, 6.45) is 8.34. The molecule has 0 aliphatic carbocycles. The molecule has 0 saturated carbocycles. The number of rotatable bonds is 7. The molecule has 1 aliphatic rings. The van der Waals surface area contributed by atoms with E-state index in [2.05, 4.69) is 30.8 Å². The molecule has 0 spiro atoms. The van der Waals surface area contributed by atoms with Crippen LogP contribution in [0.15, 0.2) is 23.1 Å². The van der Waals surface area contributed by atoms with Gasteiger partial charge in [0.2, 0.25) is 5.89 Å². The van der Waals surface area contributed by atoms with Gasteiger partial charge < -0.3 is 19.1 Å². The van der Waals surface area contributed by atoms with Crippen LogP contribution in [0.1, 0.15) is 43.6 Å². The van der Waals surface area contributed by atoms with Crippen molar-refractivity contribution in [3.63, 3.8) is 0 Å². The van der Waals surface area contributed by atoms with Gasteiger partial charge in [-0.1, -0.05) is 10.4 Å². The second-order valence-electron chi connectivity index (χ2n) is 6.69. The van der Waals surface area contributed by atoms with Crippen LogP contribution in [0.2, 0.25) is 0 Å². The molecule has 10 nitrogen and oxygen atoms in total. The van der Waals surface area contributed by atoms with E-state index in [0.29, 0.717) is 30.8 Å². The quantitative estimate of drug-likeness (QED) is 0.660. The smallest absolute Gasteiger partial charge is 0.249 e. The van der Waals surface area contributed by atoms with Gasteiger partial charge in [0.05, 0.1) is 18.8 Å². The van der Waals surface area contributed by atoms with Crippen molar-refractivity contribution in [2.75, 3.05) is 26.8 Å². The molecule has 0 unspecified atom stereocenters. The minimum atomic E-state index is -0.157. The fourth-order valence-electron chi connectivity index (χ4n) is 3.30. The number of nitrogens with zero attached hydrogens (tertiary/aromatic N) is 7. The molecular formula is C17H24N8O2. The molecular weight excluding hydrogens is 348 g/mol. The zero-order valence-electron chi connectivity index (χ0n) is 15.6. The van der Waals surface area contributed by atoms with Crippen molar-refractivity contribution in [3.8, 4) is 11.5 Å². The summed E-state index contributed by atoms with van der Waals surface area (Å²) >= 11 is 0. The van der Waals surface area contributed by atoms with Gasteiger partial charge in [-0.3, -0.25) is 0 Å². The van der Waals surface area contributed by atoms with E-state index in [1.807, 2.05) is 28.6 Å². The van der Waals surface area contributed by atoms with E-state index in [4.69, 9.17) is 9.26 Å². The van der Waals surface area contributed by atoms with Crippen molar-refractivity contribution in [1.29, 1.82) is 0 Å². The molecule has 1 saturated heterocycles. The summed E-state index contributed by atoms with van der Waals surface area (Å²) in [6, 6.07) is 0.225. The first-order valence-electron chi connectivity index (χ1n) is 9.23. The molecule has 4 rings (SSSR count). The van der Waals surface area contributed by atoms with Crippen LogP contribution in [-0.4, -0.2) is 61.5 Å². The third-order valence-electron chi connectivity index (χ3n) is 4.88. The predicted molar refractivity (Wildman–Crippen MR) is 96.1 cm³/mol. The highest BCUT2D eigenvalue weighted by Crippen LogP contribution is 2.25. The Bertz CT molecular complexity index is 864. The van der Waals surface area contributed by atoms with E-state index in [1.165, 1.54) is 0 Å². The number of hydrogen-bond acceptors (Lipinski definition) is 8. The molecule has 0 aromatic carbocycles. The minimum absolute atomic E-state index is 0.157. The normalized spacial score (nSPS) is 16.7. The van der Waals surface area contributed by atoms with Crippen molar-refractivity contribution in [2.45, 2.75) is 38.3 Å². The number of aromatic nitrogens is 7. The Morgan fingerprint density at radius 2 is 2.22 bits per heavy atom. The van der Waals surface area contributed by atoms with Crippen LogP contribution in [0.25, 0.3) is 11.5 Å². The van der Waals surface area contributed by atoms with Crippen LogP contribution in [0.5, 0.6) is 0 Å². The number of methoxy groups -OCH3 is 1. The van der Waals surface area contributed by atoms with Gasteiger partial charge in [0, 0.05) is 25.9 Å². The third kappa shape index (κ3) is 3.76. The summed E-state index contributed by atoms with van der Waals surface area (Å²) < 4.78 is 14.4. The van der Waals surface area contributed by atoms with Crippen molar-refractivity contribution in [1.82, 2.24) is 40.0 Å². The molecule has 0 radical (unpaired) electrons. The molecule has 27 heavy (non-hydrogen) atoms. The lowest BCUT2D eigenvalue weighted by Crippen LogP contribution is -2.29. The van der Waals surface area contributed by atoms with Crippen LogP contribution >= 0.6 is 0 Å². The summed E-state index contributed by atoms with van der Waals surface area (Å²) in [6.45, 7) is 4.57. The predicted octanol–water partition coefficient (Wildman–Crippen LogP) is 1.25. The van der Waals surface area contributed by atoms with E-state index in [0.717, 1.165) is 37.4 Å². The average Bonchev–Trinajstić information content (AvgIpc) is 3.46. The van der Waals surface area contributed by atoms with Gasteiger partial charge in [0.15, 0.2) is 11.6 Å². The van der Waals surface area contributed by atoms with Crippen molar-refractivity contribution in [2.24, 2.45) is 0 Å². The first kappa shape index (κ1) is 17.8. The van der Waals surface area contributed by atoms with Crippen LogP contribution in [0, 0.1) is 0 Å². The van der Waals surface area contributed by atoms with Crippen molar-refractivity contribution >= 4 is 0 Å². The van der Waals surface area contributed by atoms with E-state index in [9.17, 15) is 0 Å². The Morgan fingerprint density at radius 1 is 1.37 bits per heavy atom.